The first kappa shape index (κ1) is 19.2. The molecule has 29 heavy (non-hydrogen) atoms. The van der Waals surface area contributed by atoms with Gasteiger partial charge in [-0.3, -0.25) is 19.3 Å². The number of hydrogen-bond donors (Lipinski definition) is 0. The first-order valence-corrected chi connectivity index (χ1v) is 10.1. The van der Waals surface area contributed by atoms with Crippen LogP contribution in [0.1, 0.15) is 35.9 Å². The lowest BCUT2D eigenvalue weighted by molar-refractivity contribution is -0.135. The highest BCUT2D eigenvalue weighted by molar-refractivity contribution is 6.01. The number of fused-ring (bicyclic) bond motifs is 1. The fraction of sp³-hybridized carbons (Fsp3) is 0.409. The highest BCUT2D eigenvalue weighted by Gasteiger charge is 2.34. The molecule has 4 rings (SSSR count). The van der Waals surface area contributed by atoms with E-state index in [0.717, 1.165) is 24.1 Å². The van der Waals surface area contributed by atoms with E-state index in [4.69, 9.17) is 4.42 Å². The summed E-state index contributed by atoms with van der Waals surface area (Å²) in [7, 11) is 0. The molecule has 1 aromatic heterocycles. The maximum absolute atomic E-state index is 13.2. The molecular weight excluding hydrogens is 370 g/mol. The normalized spacial score (nSPS) is 18.2. The summed E-state index contributed by atoms with van der Waals surface area (Å²) in [6.07, 6.45) is 3.55. The number of piperazine rings is 1. The maximum Gasteiger partial charge on any atom is 0.289 e. The van der Waals surface area contributed by atoms with Crippen LogP contribution in [0, 0.1) is 0 Å². The average Bonchev–Trinajstić information content (AvgIpc) is 3.23. The highest BCUT2D eigenvalue weighted by Crippen LogP contribution is 2.29. The van der Waals surface area contributed by atoms with Crippen LogP contribution in [0.4, 0.5) is 5.69 Å². The Hall–Kier alpha value is -3.09. The van der Waals surface area contributed by atoms with Crippen LogP contribution in [-0.4, -0.2) is 59.7 Å². The van der Waals surface area contributed by atoms with Gasteiger partial charge in [0.1, 0.15) is 6.04 Å². The number of furan rings is 1. The molecule has 0 saturated carbocycles. The molecule has 7 nitrogen and oxygen atoms in total. The van der Waals surface area contributed by atoms with Gasteiger partial charge in [-0.25, -0.2) is 0 Å². The van der Waals surface area contributed by atoms with E-state index in [0.29, 0.717) is 38.4 Å². The Bertz CT molecular complexity index is 901. The number of nitrogens with zero attached hydrogens (tertiary/aromatic N) is 3. The van der Waals surface area contributed by atoms with Gasteiger partial charge in [0.15, 0.2) is 5.76 Å². The number of carbonyl (C=O) groups excluding carboxylic acids is 3. The number of rotatable bonds is 3. The monoisotopic (exact) mass is 395 g/mol. The number of anilines is 1. The summed E-state index contributed by atoms with van der Waals surface area (Å²) in [5.74, 6) is 0.0549. The zero-order chi connectivity index (χ0) is 20.4. The van der Waals surface area contributed by atoms with Crippen molar-refractivity contribution in [3.8, 4) is 0 Å². The maximum atomic E-state index is 13.2. The smallest absolute Gasteiger partial charge is 0.289 e. The largest absolute Gasteiger partial charge is 0.459 e. The Labute approximate surface area is 169 Å². The molecule has 2 aromatic rings. The minimum Gasteiger partial charge on any atom is -0.459 e. The van der Waals surface area contributed by atoms with Crippen molar-refractivity contribution >= 4 is 23.4 Å². The van der Waals surface area contributed by atoms with Crippen LogP contribution < -0.4 is 4.90 Å². The van der Waals surface area contributed by atoms with Crippen molar-refractivity contribution in [1.29, 1.82) is 0 Å². The first-order chi connectivity index (χ1) is 14.1. The molecule has 7 heteroatoms. The molecular formula is C22H25N3O4. The third-order valence-electron chi connectivity index (χ3n) is 5.71. The lowest BCUT2D eigenvalue weighted by Crippen LogP contribution is -2.56. The Morgan fingerprint density at radius 1 is 0.966 bits per heavy atom. The lowest BCUT2D eigenvalue weighted by atomic mass is 10.1. The van der Waals surface area contributed by atoms with Gasteiger partial charge in [0.25, 0.3) is 5.91 Å². The molecule has 1 fully saturated rings. The van der Waals surface area contributed by atoms with Gasteiger partial charge in [0.2, 0.25) is 11.8 Å². The number of aryl methyl sites for hydroxylation is 1. The molecule has 2 aliphatic rings. The minimum atomic E-state index is -0.575. The van der Waals surface area contributed by atoms with E-state index in [2.05, 4.69) is 0 Å². The van der Waals surface area contributed by atoms with Crippen LogP contribution in [0.3, 0.4) is 0 Å². The van der Waals surface area contributed by atoms with Gasteiger partial charge < -0.3 is 14.2 Å². The third kappa shape index (κ3) is 3.77. The fourth-order valence-electron chi connectivity index (χ4n) is 4.13. The van der Waals surface area contributed by atoms with Crippen LogP contribution in [0.2, 0.25) is 0 Å². The Balaban J connectivity index is 1.45. The van der Waals surface area contributed by atoms with Gasteiger partial charge >= 0.3 is 0 Å². The van der Waals surface area contributed by atoms with E-state index in [1.165, 1.54) is 6.26 Å². The Kier molecular flexibility index (Phi) is 5.38. The predicted molar refractivity (Wildman–Crippen MR) is 108 cm³/mol. The van der Waals surface area contributed by atoms with Gasteiger partial charge in [-0.15, -0.1) is 0 Å². The molecule has 0 radical (unpaired) electrons. The molecule has 0 unspecified atom stereocenters. The van der Waals surface area contributed by atoms with Crippen LogP contribution in [0.25, 0.3) is 0 Å². The standard InChI is InChI=1S/C22H25N3O4/c1-16(25-18-8-3-2-6-17(18)7-4-10-20(25)26)21(27)23-11-13-24(14-12-23)22(28)19-9-5-15-29-19/h2-3,5-6,8-9,15-16H,4,7,10-14H2,1H3/t16-/m1/s1. The molecule has 0 N–H and O–H groups in total. The van der Waals surface area contributed by atoms with Crippen LogP contribution in [-0.2, 0) is 16.0 Å². The number of para-hydroxylation sites is 1. The van der Waals surface area contributed by atoms with Gasteiger partial charge in [0, 0.05) is 38.3 Å². The minimum absolute atomic E-state index is 0.0116. The molecule has 2 aliphatic heterocycles. The lowest BCUT2D eigenvalue weighted by Gasteiger charge is -2.38. The Morgan fingerprint density at radius 3 is 2.41 bits per heavy atom. The van der Waals surface area contributed by atoms with E-state index >= 15 is 0 Å². The van der Waals surface area contributed by atoms with Crippen molar-refractivity contribution in [1.82, 2.24) is 9.80 Å². The summed E-state index contributed by atoms with van der Waals surface area (Å²) in [5, 5.41) is 0. The summed E-state index contributed by atoms with van der Waals surface area (Å²) in [4.78, 5) is 43.5. The number of amides is 3. The Morgan fingerprint density at radius 2 is 1.69 bits per heavy atom. The molecule has 1 saturated heterocycles. The van der Waals surface area contributed by atoms with E-state index in [-0.39, 0.29) is 17.7 Å². The van der Waals surface area contributed by atoms with E-state index in [1.807, 2.05) is 24.3 Å². The van der Waals surface area contributed by atoms with Crippen molar-refractivity contribution in [2.75, 3.05) is 31.1 Å². The SMILES string of the molecule is C[C@H](C(=O)N1CCN(C(=O)c2ccco2)CC1)N1C(=O)CCCc2ccccc21. The number of carbonyl (C=O) groups is 3. The van der Waals surface area contributed by atoms with E-state index < -0.39 is 6.04 Å². The van der Waals surface area contributed by atoms with Crippen molar-refractivity contribution in [2.24, 2.45) is 0 Å². The van der Waals surface area contributed by atoms with Gasteiger partial charge in [-0.1, -0.05) is 18.2 Å². The van der Waals surface area contributed by atoms with Crippen LogP contribution in [0.15, 0.2) is 47.1 Å². The zero-order valence-electron chi connectivity index (χ0n) is 16.5. The highest BCUT2D eigenvalue weighted by atomic mass is 16.3. The molecule has 0 spiro atoms. The second kappa shape index (κ2) is 8.11. The summed E-state index contributed by atoms with van der Waals surface area (Å²) in [6.45, 7) is 3.58. The summed E-state index contributed by atoms with van der Waals surface area (Å²) in [6, 6.07) is 10.6. The second-order valence-corrected chi connectivity index (χ2v) is 7.52. The fourth-order valence-corrected chi connectivity index (χ4v) is 4.13. The molecule has 152 valence electrons. The quantitative estimate of drug-likeness (QED) is 0.800. The topological polar surface area (TPSA) is 74.1 Å². The van der Waals surface area contributed by atoms with Crippen LogP contribution in [0.5, 0.6) is 0 Å². The second-order valence-electron chi connectivity index (χ2n) is 7.52. The molecule has 1 atom stereocenters. The van der Waals surface area contributed by atoms with E-state index in [1.54, 1.807) is 33.8 Å². The predicted octanol–water partition coefficient (Wildman–Crippen LogP) is 2.32. The zero-order valence-corrected chi connectivity index (χ0v) is 16.5. The van der Waals surface area contributed by atoms with Crippen molar-refractivity contribution in [2.45, 2.75) is 32.2 Å². The van der Waals surface area contributed by atoms with Gasteiger partial charge in [0.05, 0.1) is 6.26 Å². The van der Waals surface area contributed by atoms with Crippen molar-refractivity contribution in [3.63, 3.8) is 0 Å². The molecule has 1 aromatic carbocycles. The van der Waals surface area contributed by atoms with Crippen molar-refractivity contribution < 1.29 is 18.8 Å². The average molecular weight is 395 g/mol. The summed E-state index contributed by atoms with van der Waals surface area (Å²) < 4.78 is 5.18. The van der Waals surface area contributed by atoms with Crippen LogP contribution >= 0.6 is 0 Å². The molecule has 3 amide bonds. The molecule has 3 heterocycles. The van der Waals surface area contributed by atoms with Gasteiger partial charge in [-0.2, -0.15) is 0 Å². The third-order valence-corrected chi connectivity index (χ3v) is 5.71. The van der Waals surface area contributed by atoms with Crippen molar-refractivity contribution in [3.05, 3.63) is 54.0 Å². The summed E-state index contributed by atoms with van der Waals surface area (Å²) >= 11 is 0. The summed E-state index contributed by atoms with van der Waals surface area (Å²) in [5.41, 5.74) is 1.94. The van der Waals surface area contributed by atoms with E-state index in [9.17, 15) is 14.4 Å². The number of hydrogen-bond acceptors (Lipinski definition) is 4. The van der Waals surface area contributed by atoms with Gasteiger partial charge in [-0.05, 0) is 43.5 Å². The molecule has 0 bridgehead atoms. The number of benzene rings is 1. The molecule has 0 aliphatic carbocycles. The first-order valence-electron chi connectivity index (χ1n) is 10.1.